The van der Waals surface area contributed by atoms with Gasteiger partial charge < -0.3 is 44.0 Å². The van der Waals surface area contributed by atoms with Gasteiger partial charge in [0.05, 0.1) is 35.1 Å². The Morgan fingerprint density at radius 3 is 1.92 bits per heavy atom. The van der Waals surface area contributed by atoms with Gasteiger partial charge in [-0.25, -0.2) is 14.4 Å². The minimum Gasteiger partial charge on any atom is -0.458 e. The van der Waals surface area contributed by atoms with Gasteiger partial charge in [-0.05, 0) is 72.5 Å². The molecule has 4 aliphatic rings. The topological polar surface area (TPSA) is 276 Å². The average Bonchev–Trinajstić information content (AvgIpc) is 3.36. The van der Waals surface area contributed by atoms with Crippen LogP contribution in [0.4, 0.5) is 5.69 Å². The quantitative estimate of drug-likeness (QED) is 0.0320. The number of ether oxygens (including phenoxy) is 6. The van der Waals surface area contributed by atoms with Gasteiger partial charge >= 0.3 is 29.8 Å². The van der Waals surface area contributed by atoms with Crippen LogP contribution in [0.5, 0.6) is 0 Å². The predicted molar refractivity (Wildman–Crippen MR) is 256 cm³/mol. The molecule has 0 unspecified atom stereocenters. The lowest BCUT2D eigenvalue weighted by molar-refractivity contribution is -0.345. The third kappa shape index (κ3) is 9.25. The molecule has 0 radical (unpaired) electrons. The maximum atomic E-state index is 16.2. The van der Waals surface area contributed by atoms with E-state index in [9.17, 15) is 39.0 Å². The van der Waals surface area contributed by atoms with Crippen LogP contribution in [0, 0.1) is 16.7 Å². The highest BCUT2D eigenvalue weighted by Gasteiger charge is 2.79. The van der Waals surface area contributed by atoms with Gasteiger partial charge in [0.25, 0.3) is 5.91 Å². The molecule has 1 amide bonds. The Morgan fingerprint density at radius 2 is 1.36 bits per heavy atom. The predicted octanol–water partition coefficient (Wildman–Crippen LogP) is 6.54. The van der Waals surface area contributed by atoms with Crippen molar-refractivity contribution in [3.8, 4) is 0 Å². The molecule has 2 saturated carbocycles. The van der Waals surface area contributed by atoms with Crippen molar-refractivity contribution in [3.05, 3.63) is 159 Å². The van der Waals surface area contributed by atoms with Crippen LogP contribution in [0.15, 0.2) is 132 Å². The monoisotopic (exact) mass is 998 g/mol. The summed E-state index contributed by atoms with van der Waals surface area (Å²) in [6.45, 7) is 7.75. The van der Waals surface area contributed by atoms with Crippen LogP contribution in [-0.2, 0) is 47.6 Å². The van der Waals surface area contributed by atoms with Gasteiger partial charge in [-0.15, -0.1) is 0 Å². The fourth-order valence-electron chi connectivity index (χ4n) is 11.2. The minimum absolute atomic E-state index is 0.0149. The number of carbonyl (C=O) groups excluding carboxylic acids is 7. The van der Waals surface area contributed by atoms with E-state index in [-0.39, 0.29) is 39.9 Å². The number of azide groups is 1. The highest BCUT2D eigenvalue weighted by molar-refractivity contribution is 5.97. The van der Waals surface area contributed by atoms with E-state index < -0.39 is 125 Å². The lowest BCUT2D eigenvalue weighted by Crippen LogP contribution is -2.82. The number of nitrogens with zero attached hydrogens (tertiary/aromatic N) is 3. The van der Waals surface area contributed by atoms with E-state index in [0.717, 1.165) is 13.8 Å². The first kappa shape index (κ1) is 51.6. The second-order valence-electron chi connectivity index (χ2n) is 19.5. The summed E-state index contributed by atoms with van der Waals surface area (Å²) in [7, 11) is 0. The van der Waals surface area contributed by atoms with Gasteiger partial charge in [0.2, 0.25) is 0 Å². The first-order valence-corrected chi connectivity index (χ1v) is 23.6. The second kappa shape index (κ2) is 20.1. The van der Waals surface area contributed by atoms with E-state index in [0.29, 0.717) is 5.56 Å². The van der Waals surface area contributed by atoms with Crippen LogP contribution in [0.25, 0.3) is 10.4 Å². The Morgan fingerprint density at radius 1 is 0.781 bits per heavy atom. The molecule has 3 aliphatic carbocycles. The van der Waals surface area contributed by atoms with Gasteiger partial charge in [-0.3, -0.25) is 19.2 Å². The minimum atomic E-state index is -2.51. The van der Waals surface area contributed by atoms with E-state index >= 15 is 4.79 Å². The number of aliphatic hydroxyl groups excluding tert-OH is 1. The highest BCUT2D eigenvalue weighted by Crippen LogP contribution is 2.65. The summed E-state index contributed by atoms with van der Waals surface area (Å²) in [5.41, 5.74) is 1.34. The average molecular weight is 999 g/mol. The number of ketones is 1. The summed E-state index contributed by atoms with van der Waals surface area (Å²) in [6, 6.07) is 28.1. The van der Waals surface area contributed by atoms with Gasteiger partial charge in [-0.2, -0.15) is 0 Å². The molecule has 3 N–H and O–H groups in total. The fraction of sp³-hybridized carbons (Fsp3) is 0.389. The van der Waals surface area contributed by atoms with Gasteiger partial charge in [0.15, 0.2) is 23.6 Å². The molecule has 1 heterocycles. The molecule has 8 rings (SSSR count). The largest absolute Gasteiger partial charge is 0.458 e. The van der Waals surface area contributed by atoms with E-state index in [1.54, 1.807) is 78.9 Å². The number of fused-ring (bicyclic) bond motifs is 5. The normalized spacial score (nSPS) is 28.5. The maximum Gasteiger partial charge on any atom is 0.338 e. The Hall–Kier alpha value is -7.70. The molecule has 4 aromatic carbocycles. The number of carbonyl (C=O) groups is 7. The Kier molecular flexibility index (Phi) is 14.2. The summed E-state index contributed by atoms with van der Waals surface area (Å²) in [6.07, 6.45) is -11.2. The van der Waals surface area contributed by atoms with E-state index in [1.165, 1.54) is 64.1 Å². The zero-order chi connectivity index (χ0) is 52.6. The van der Waals surface area contributed by atoms with Crippen molar-refractivity contribution in [3.63, 3.8) is 0 Å². The summed E-state index contributed by atoms with van der Waals surface area (Å²) < 4.78 is 37.3. The molecule has 19 nitrogen and oxygen atoms in total. The molecule has 0 aromatic heterocycles. The molecule has 1 saturated heterocycles. The van der Waals surface area contributed by atoms with E-state index in [2.05, 4.69) is 15.3 Å². The number of benzene rings is 4. The Labute approximate surface area is 419 Å². The smallest absolute Gasteiger partial charge is 0.338 e. The van der Waals surface area contributed by atoms with Crippen molar-refractivity contribution in [2.75, 3.05) is 6.61 Å². The lowest BCUT2D eigenvalue weighted by atomic mass is 9.44. The Bertz CT molecular complexity index is 2910. The van der Waals surface area contributed by atoms with Gasteiger partial charge in [0, 0.05) is 48.3 Å². The maximum absolute atomic E-state index is 16.2. The zero-order valence-corrected chi connectivity index (χ0v) is 40.8. The van der Waals surface area contributed by atoms with Crippen molar-refractivity contribution in [1.29, 1.82) is 0 Å². The first-order chi connectivity index (χ1) is 34.7. The molecule has 1 aliphatic heterocycles. The van der Waals surface area contributed by atoms with E-state index in [4.69, 9.17) is 34.0 Å². The fourth-order valence-corrected chi connectivity index (χ4v) is 11.2. The number of rotatable bonds is 13. The molecule has 11 atom stereocenters. The number of amides is 1. The van der Waals surface area contributed by atoms with Crippen molar-refractivity contribution in [1.82, 2.24) is 5.32 Å². The molecular weight excluding hydrogens is 945 g/mol. The van der Waals surface area contributed by atoms with Crippen molar-refractivity contribution in [2.24, 2.45) is 21.9 Å². The van der Waals surface area contributed by atoms with Crippen LogP contribution in [0.1, 0.15) is 97.1 Å². The van der Waals surface area contributed by atoms with Crippen molar-refractivity contribution < 1.29 is 72.2 Å². The van der Waals surface area contributed by atoms with E-state index in [1.807, 2.05) is 0 Å². The highest BCUT2D eigenvalue weighted by atomic mass is 16.6. The SMILES string of the molecule is CC(=O)O[C@H]1C(=O)[C@]2(C)[C@@H](OC(=O)c3ccc(N=[N+]=[N-])cc3)C[C@H]3OC[C@@]3(OC(C)=O)[C@H]2[C@H](OC(=O)c2ccccc2)[C@]2(O)C[C@H](OC(=O)[C@H](O)[C@@H](NC(=O)c3ccccc3)c3ccccc3)C(C)=C1C2(C)C. The van der Waals surface area contributed by atoms with Crippen LogP contribution >= 0.6 is 0 Å². The molecule has 19 heteroatoms. The zero-order valence-electron chi connectivity index (χ0n) is 40.8. The standard InChI is InChI=1S/C54H54N4O15/c1-29-37(70-50(66)42(61)41(32-16-10-7-11-17-32)56-47(63)33-18-12-8-13-19-33)27-54(67)46(72-49(65)34-20-14-9-15-21-34)44-52(6,45(62)43(69-30(2)59)40(29)51(54,4)5)38(26-39-53(44,28-68-39)73-31(3)60)71-48(64)35-22-24-36(25-23-35)57-58-55/h7-25,37-39,41-44,46,61,67H,26-28H2,1-6H3,(H,56,63)/t37-,38-,39+,41-,42+,43+,44-,46-,52+,53-,54+/m0/s1. The molecule has 4 aromatic rings. The third-order valence-corrected chi connectivity index (χ3v) is 15.0. The van der Waals surface area contributed by atoms with Gasteiger partial charge in [-0.1, -0.05) is 97.8 Å². The van der Waals surface area contributed by atoms with Crippen molar-refractivity contribution in [2.45, 2.75) is 108 Å². The first-order valence-electron chi connectivity index (χ1n) is 23.6. The summed E-state index contributed by atoms with van der Waals surface area (Å²) in [5.74, 6) is -8.26. The molecule has 380 valence electrons. The number of aliphatic hydroxyl groups is 2. The Balaban J connectivity index is 1.31. The number of esters is 5. The van der Waals surface area contributed by atoms with Crippen LogP contribution in [0.2, 0.25) is 0 Å². The van der Waals surface area contributed by atoms with Crippen LogP contribution < -0.4 is 5.32 Å². The summed E-state index contributed by atoms with van der Waals surface area (Å²) in [4.78, 5) is 103. The molecule has 73 heavy (non-hydrogen) atoms. The third-order valence-electron chi connectivity index (χ3n) is 15.0. The number of hydrogen-bond acceptors (Lipinski definition) is 16. The molecule has 0 spiro atoms. The summed E-state index contributed by atoms with van der Waals surface area (Å²) >= 11 is 0. The molecular formula is C54H54N4O15. The lowest BCUT2D eigenvalue weighted by Gasteiger charge is -2.67. The number of hydrogen-bond donors (Lipinski definition) is 3. The van der Waals surface area contributed by atoms with Crippen LogP contribution in [0.3, 0.4) is 0 Å². The summed E-state index contributed by atoms with van der Waals surface area (Å²) in [5, 5.41) is 32.3. The van der Waals surface area contributed by atoms with Crippen molar-refractivity contribution >= 4 is 47.2 Å². The molecule has 3 fully saturated rings. The van der Waals surface area contributed by atoms with Crippen LogP contribution in [-0.4, -0.2) is 106 Å². The van der Waals surface area contributed by atoms with Gasteiger partial charge in [0.1, 0.15) is 30.0 Å². The second-order valence-corrected chi connectivity index (χ2v) is 19.5. The number of nitrogens with one attached hydrogen (secondary N) is 1. The molecule has 2 bridgehead atoms. The number of Topliss-reactive ketones (excluding diaryl/α,β-unsaturated/α-hetero) is 1.